The third-order valence-corrected chi connectivity index (χ3v) is 2.15. The number of carbonyl (C=O) groups excluding carboxylic acids is 1. The molecule has 2 rings (SSSR count). The van der Waals surface area contributed by atoms with Crippen LogP contribution in [0.5, 0.6) is 5.75 Å². The molecule has 0 fully saturated rings. The van der Waals surface area contributed by atoms with E-state index in [9.17, 15) is 4.79 Å². The molecule has 0 atom stereocenters. The van der Waals surface area contributed by atoms with E-state index in [1.807, 2.05) is 24.3 Å². The minimum atomic E-state index is -0.137. The average molecular weight is 217 g/mol. The van der Waals surface area contributed by atoms with Crippen LogP contribution in [0.1, 0.15) is 17.5 Å². The van der Waals surface area contributed by atoms with Crippen molar-refractivity contribution in [2.75, 3.05) is 7.11 Å². The summed E-state index contributed by atoms with van der Waals surface area (Å²) < 4.78 is 5.10. The number of benzene rings is 1. The summed E-state index contributed by atoms with van der Waals surface area (Å²) >= 11 is 0. The molecule has 0 saturated carbocycles. The zero-order chi connectivity index (χ0) is 11.5. The molecule has 0 unspecified atom stereocenters. The molecule has 5 nitrogen and oxygen atoms in total. The van der Waals surface area contributed by atoms with Gasteiger partial charge in [-0.2, -0.15) is 5.10 Å². The van der Waals surface area contributed by atoms with Crippen molar-refractivity contribution in [3.8, 4) is 17.1 Å². The second-order valence-corrected chi connectivity index (χ2v) is 3.30. The summed E-state index contributed by atoms with van der Waals surface area (Å²) in [6, 6.07) is 7.35. The van der Waals surface area contributed by atoms with Gasteiger partial charge in [-0.15, -0.1) is 0 Å². The Balaban J connectivity index is 2.38. The lowest BCUT2D eigenvalue weighted by atomic mass is 10.2. The van der Waals surface area contributed by atoms with Crippen LogP contribution in [-0.2, 0) is 0 Å². The second kappa shape index (κ2) is 4.14. The molecule has 1 heterocycles. The highest BCUT2D eigenvalue weighted by molar-refractivity contribution is 5.90. The first-order valence-corrected chi connectivity index (χ1v) is 4.78. The van der Waals surface area contributed by atoms with Crippen LogP contribution in [0.4, 0.5) is 0 Å². The van der Waals surface area contributed by atoms with Crippen LogP contribution in [0.2, 0.25) is 0 Å². The zero-order valence-corrected chi connectivity index (χ0v) is 9.02. The molecule has 0 aliphatic heterocycles. The third-order valence-electron chi connectivity index (χ3n) is 2.15. The van der Waals surface area contributed by atoms with Crippen LogP contribution in [-0.4, -0.2) is 28.1 Å². The van der Waals surface area contributed by atoms with Crippen molar-refractivity contribution in [1.82, 2.24) is 15.2 Å². The van der Waals surface area contributed by atoms with Crippen molar-refractivity contribution in [3.63, 3.8) is 0 Å². The number of ketones is 1. The van der Waals surface area contributed by atoms with Crippen molar-refractivity contribution >= 4 is 5.78 Å². The van der Waals surface area contributed by atoms with Gasteiger partial charge in [0.1, 0.15) is 5.75 Å². The molecule has 0 bridgehead atoms. The van der Waals surface area contributed by atoms with Gasteiger partial charge in [0.2, 0.25) is 0 Å². The third kappa shape index (κ3) is 1.93. The highest BCUT2D eigenvalue weighted by Gasteiger charge is 2.09. The molecule has 0 saturated heterocycles. The number of carbonyl (C=O) groups is 1. The van der Waals surface area contributed by atoms with E-state index >= 15 is 0 Å². The number of aromatic amines is 1. The topological polar surface area (TPSA) is 67.9 Å². The Labute approximate surface area is 92.5 Å². The minimum absolute atomic E-state index is 0.137. The minimum Gasteiger partial charge on any atom is -0.497 e. The Kier molecular flexibility index (Phi) is 2.68. The Morgan fingerprint density at radius 3 is 2.88 bits per heavy atom. The van der Waals surface area contributed by atoms with Gasteiger partial charge in [0.25, 0.3) is 0 Å². The molecule has 0 radical (unpaired) electrons. The fourth-order valence-electron chi connectivity index (χ4n) is 1.31. The molecule has 0 aliphatic rings. The highest BCUT2D eigenvalue weighted by Crippen LogP contribution is 2.20. The predicted molar refractivity (Wildman–Crippen MR) is 58.4 cm³/mol. The van der Waals surface area contributed by atoms with Gasteiger partial charge < -0.3 is 4.74 Å². The molecule has 82 valence electrons. The van der Waals surface area contributed by atoms with Crippen molar-refractivity contribution in [2.24, 2.45) is 0 Å². The number of H-pyrrole nitrogens is 1. The lowest BCUT2D eigenvalue weighted by Crippen LogP contribution is -1.94. The fraction of sp³-hybridized carbons (Fsp3) is 0.182. The van der Waals surface area contributed by atoms with Gasteiger partial charge in [-0.25, -0.2) is 4.98 Å². The van der Waals surface area contributed by atoms with Crippen LogP contribution in [0.15, 0.2) is 24.3 Å². The number of ether oxygens (including phenoxy) is 1. The molecule has 1 aromatic heterocycles. The molecule has 5 heteroatoms. The van der Waals surface area contributed by atoms with Gasteiger partial charge in [-0.3, -0.25) is 9.89 Å². The summed E-state index contributed by atoms with van der Waals surface area (Å²) in [5.74, 6) is 1.34. The Morgan fingerprint density at radius 1 is 1.44 bits per heavy atom. The van der Waals surface area contributed by atoms with E-state index in [0.29, 0.717) is 5.82 Å². The second-order valence-electron chi connectivity index (χ2n) is 3.30. The highest BCUT2D eigenvalue weighted by atomic mass is 16.5. The summed E-state index contributed by atoms with van der Waals surface area (Å²) in [4.78, 5) is 15.1. The van der Waals surface area contributed by atoms with Gasteiger partial charge >= 0.3 is 0 Å². The van der Waals surface area contributed by atoms with Crippen LogP contribution in [0.3, 0.4) is 0 Å². The van der Waals surface area contributed by atoms with Crippen LogP contribution in [0.25, 0.3) is 11.4 Å². The van der Waals surface area contributed by atoms with Gasteiger partial charge in [0.15, 0.2) is 17.4 Å². The lowest BCUT2D eigenvalue weighted by molar-refractivity contribution is 0.100. The molecular weight excluding hydrogens is 206 g/mol. The first-order valence-electron chi connectivity index (χ1n) is 4.78. The van der Waals surface area contributed by atoms with Gasteiger partial charge in [0, 0.05) is 12.5 Å². The van der Waals surface area contributed by atoms with Gasteiger partial charge in [-0.05, 0) is 12.1 Å². The number of methoxy groups -OCH3 is 1. The van der Waals surface area contributed by atoms with E-state index < -0.39 is 0 Å². The fourth-order valence-corrected chi connectivity index (χ4v) is 1.31. The largest absolute Gasteiger partial charge is 0.497 e. The molecule has 0 spiro atoms. The smallest absolute Gasteiger partial charge is 0.196 e. The van der Waals surface area contributed by atoms with Gasteiger partial charge in [0.05, 0.1) is 7.11 Å². The maximum atomic E-state index is 11.1. The molecule has 16 heavy (non-hydrogen) atoms. The maximum absolute atomic E-state index is 11.1. The SMILES string of the molecule is COc1cccc(-c2n[nH]c(C(C)=O)n2)c1. The van der Waals surface area contributed by atoms with E-state index in [2.05, 4.69) is 15.2 Å². The lowest BCUT2D eigenvalue weighted by Gasteiger charge is -2.00. The first-order chi connectivity index (χ1) is 7.70. The number of hydrogen-bond donors (Lipinski definition) is 1. The van der Waals surface area contributed by atoms with Crippen molar-refractivity contribution in [2.45, 2.75) is 6.92 Å². The number of aromatic nitrogens is 3. The van der Waals surface area contributed by atoms with Crippen molar-refractivity contribution in [1.29, 1.82) is 0 Å². The number of nitrogens with one attached hydrogen (secondary N) is 1. The standard InChI is InChI=1S/C11H11N3O2/c1-7(15)10-12-11(14-13-10)8-4-3-5-9(6-8)16-2/h3-6H,1-2H3,(H,12,13,14). The van der Waals surface area contributed by atoms with Crippen LogP contribution < -0.4 is 4.74 Å². The summed E-state index contributed by atoms with van der Waals surface area (Å²) in [7, 11) is 1.60. The maximum Gasteiger partial charge on any atom is 0.196 e. The monoisotopic (exact) mass is 217 g/mol. The predicted octanol–water partition coefficient (Wildman–Crippen LogP) is 1.68. The van der Waals surface area contributed by atoms with Crippen LogP contribution >= 0.6 is 0 Å². The molecular formula is C11H11N3O2. The van der Waals surface area contributed by atoms with E-state index in [-0.39, 0.29) is 11.6 Å². The molecule has 0 aliphatic carbocycles. The van der Waals surface area contributed by atoms with E-state index in [0.717, 1.165) is 11.3 Å². The molecule has 2 aromatic rings. The van der Waals surface area contributed by atoms with E-state index in [1.165, 1.54) is 6.92 Å². The average Bonchev–Trinajstić information content (AvgIpc) is 2.78. The number of hydrogen-bond acceptors (Lipinski definition) is 4. The van der Waals surface area contributed by atoms with E-state index in [1.54, 1.807) is 7.11 Å². The molecule has 1 N–H and O–H groups in total. The Hall–Kier alpha value is -2.17. The summed E-state index contributed by atoms with van der Waals surface area (Å²) in [6.07, 6.45) is 0. The molecule has 1 aromatic carbocycles. The summed E-state index contributed by atoms with van der Waals surface area (Å²) in [5.41, 5.74) is 0.808. The van der Waals surface area contributed by atoms with Crippen molar-refractivity contribution in [3.05, 3.63) is 30.1 Å². The zero-order valence-electron chi connectivity index (χ0n) is 9.02. The Morgan fingerprint density at radius 2 is 2.25 bits per heavy atom. The number of rotatable bonds is 3. The normalized spacial score (nSPS) is 10.1. The quantitative estimate of drug-likeness (QED) is 0.794. The Bertz CT molecular complexity index is 519. The van der Waals surface area contributed by atoms with E-state index in [4.69, 9.17) is 4.74 Å². The number of nitrogens with zero attached hydrogens (tertiary/aromatic N) is 2. The summed E-state index contributed by atoms with van der Waals surface area (Å²) in [6.45, 7) is 1.44. The summed E-state index contributed by atoms with van der Waals surface area (Å²) in [5, 5.41) is 6.56. The van der Waals surface area contributed by atoms with Gasteiger partial charge in [-0.1, -0.05) is 12.1 Å². The first kappa shape index (κ1) is 10.4. The number of Topliss-reactive ketones (excluding diaryl/α,β-unsaturated/α-hetero) is 1. The molecule has 0 amide bonds. The van der Waals surface area contributed by atoms with Crippen molar-refractivity contribution < 1.29 is 9.53 Å². The van der Waals surface area contributed by atoms with Crippen LogP contribution in [0, 0.1) is 0 Å².